The number of rotatable bonds is 6. The van der Waals surface area contributed by atoms with Crippen molar-refractivity contribution in [2.24, 2.45) is 0 Å². The van der Waals surface area contributed by atoms with Gasteiger partial charge in [-0.3, -0.25) is 9.59 Å². The van der Waals surface area contributed by atoms with E-state index in [1.54, 1.807) is 31.4 Å². The molecule has 144 valence electrons. The summed E-state index contributed by atoms with van der Waals surface area (Å²) in [5, 5.41) is 7.83. The Morgan fingerprint density at radius 2 is 2.04 bits per heavy atom. The fraction of sp³-hybridized carbons (Fsp3) is 0.421. The number of nitrogens with one attached hydrogen (secondary N) is 2. The molecule has 2 heterocycles. The summed E-state index contributed by atoms with van der Waals surface area (Å²) in [6.45, 7) is 3.67. The standard InChI is InChI=1S/C19H22N2O4S2/c1-3-25-19(24)15-12-7-4-5-8-13(12)27-18(15)21-16(22)11(2)20-17(23)14-9-6-10-26-14/h6,9-11H,3-5,7-8H2,1-2H3,(H,20,23)(H,21,22). The molecular weight excluding hydrogens is 384 g/mol. The van der Waals surface area contributed by atoms with Gasteiger partial charge in [0.2, 0.25) is 5.91 Å². The minimum Gasteiger partial charge on any atom is -0.462 e. The number of ether oxygens (including phenoxy) is 1. The minimum atomic E-state index is -0.728. The molecule has 0 spiro atoms. The van der Waals surface area contributed by atoms with Crippen LogP contribution in [0.3, 0.4) is 0 Å². The maximum absolute atomic E-state index is 12.6. The normalized spacial score (nSPS) is 14.1. The molecule has 0 saturated carbocycles. The maximum Gasteiger partial charge on any atom is 0.341 e. The number of anilines is 1. The number of thiophene rings is 2. The van der Waals surface area contributed by atoms with E-state index in [-0.39, 0.29) is 18.4 Å². The second-order valence-electron chi connectivity index (χ2n) is 6.30. The van der Waals surface area contributed by atoms with E-state index in [1.807, 2.05) is 0 Å². The van der Waals surface area contributed by atoms with Gasteiger partial charge in [-0.05, 0) is 56.5 Å². The summed E-state index contributed by atoms with van der Waals surface area (Å²) in [7, 11) is 0. The summed E-state index contributed by atoms with van der Waals surface area (Å²) >= 11 is 2.75. The van der Waals surface area contributed by atoms with Crippen molar-refractivity contribution in [2.75, 3.05) is 11.9 Å². The summed E-state index contributed by atoms with van der Waals surface area (Å²) in [5.74, 6) is -1.05. The van der Waals surface area contributed by atoms with Crippen LogP contribution in [0.5, 0.6) is 0 Å². The first-order valence-corrected chi connectivity index (χ1v) is 10.7. The van der Waals surface area contributed by atoms with Gasteiger partial charge < -0.3 is 15.4 Å². The Balaban J connectivity index is 1.75. The highest BCUT2D eigenvalue weighted by Crippen LogP contribution is 2.38. The van der Waals surface area contributed by atoms with Gasteiger partial charge in [0.15, 0.2) is 0 Å². The largest absolute Gasteiger partial charge is 0.462 e. The van der Waals surface area contributed by atoms with Crippen molar-refractivity contribution < 1.29 is 19.1 Å². The van der Waals surface area contributed by atoms with Gasteiger partial charge in [0, 0.05) is 4.88 Å². The number of esters is 1. The maximum atomic E-state index is 12.6. The zero-order chi connectivity index (χ0) is 19.4. The SMILES string of the molecule is CCOC(=O)c1c(NC(=O)C(C)NC(=O)c2cccs2)sc2c1CCCC2. The molecule has 0 fully saturated rings. The van der Waals surface area contributed by atoms with E-state index in [2.05, 4.69) is 10.6 Å². The Morgan fingerprint density at radius 3 is 2.74 bits per heavy atom. The molecule has 1 unspecified atom stereocenters. The van der Waals surface area contributed by atoms with E-state index in [4.69, 9.17) is 4.74 Å². The van der Waals surface area contributed by atoms with Crippen LogP contribution < -0.4 is 10.6 Å². The van der Waals surface area contributed by atoms with Crippen LogP contribution in [0.25, 0.3) is 0 Å². The summed E-state index contributed by atoms with van der Waals surface area (Å²) < 4.78 is 5.20. The van der Waals surface area contributed by atoms with Crippen molar-refractivity contribution in [1.82, 2.24) is 5.32 Å². The Kier molecular flexibility index (Phi) is 6.28. The van der Waals surface area contributed by atoms with Gasteiger partial charge >= 0.3 is 5.97 Å². The molecule has 0 saturated heterocycles. The van der Waals surface area contributed by atoms with Crippen LogP contribution in [-0.2, 0) is 22.4 Å². The number of amides is 2. The quantitative estimate of drug-likeness (QED) is 0.718. The summed E-state index contributed by atoms with van der Waals surface area (Å²) in [5.41, 5.74) is 1.47. The van der Waals surface area contributed by atoms with Gasteiger partial charge in [-0.15, -0.1) is 22.7 Å². The number of carbonyl (C=O) groups excluding carboxylic acids is 3. The molecule has 1 aliphatic rings. The van der Waals surface area contributed by atoms with E-state index >= 15 is 0 Å². The molecule has 2 N–H and O–H groups in total. The first-order valence-electron chi connectivity index (χ1n) is 8.98. The van der Waals surface area contributed by atoms with Crippen LogP contribution >= 0.6 is 22.7 Å². The molecule has 3 rings (SSSR count). The van der Waals surface area contributed by atoms with Gasteiger partial charge in [0.25, 0.3) is 5.91 Å². The molecule has 0 aromatic carbocycles. The van der Waals surface area contributed by atoms with Gasteiger partial charge in [0.05, 0.1) is 17.0 Å². The molecule has 0 radical (unpaired) electrons. The third-order valence-corrected chi connectivity index (χ3v) is 6.45. The van der Waals surface area contributed by atoms with Gasteiger partial charge in [-0.1, -0.05) is 6.07 Å². The molecule has 27 heavy (non-hydrogen) atoms. The van der Waals surface area contributed by atoms with Crippen LogP contribution in [0.1, 0.15) is 57.2 Å². The van der Waals surface area contributed by atoms with Crippen molar-refractivity contribution in [1.29, 1.82) is 0 Å². The van der Waals surface area contributed by atoms with Gasteiger partial charge in [-0.2, -0.15) is 0 Å². The van der Waals surface area contributed by atoms with E-state index < -0.39 is 12.0 Å². The van der Waals surface area contributed by atoms with Gasteiger partial charge in [0.1, 0.15) is 11.0 Å². The molecule has 2 aromatic heterocycles. The summed E-state index contributed by atoms with van der Waals surface area (Å²) in [4.78, 5) is 38.9. The molecule has 2 amide bonds. The molecule has 2 aromatic rings. The highest BCUT2D eigenvalue weighted by atomic mass is 32.1. The Labute approximate surface area is 165 Å². The number of fused-ring (bicyclic) bond motifs is 1. The van der Waals surface area contributed by atoms with Crippen LogP contribution in [0.15, 0.2) is 17.5 Å². The predicted octanol–water partition coefficient (Wildman–Crippen LogP) is 3.62. The minimum absolute atomic E-state index is 0.282. The van der Waals surface area contributed by atoms with E-state index in [0.29, 0.717) is 15.4 Å². The van der Waals surface area contributed by atoms with Crippen LogP contribution in [0, 0.1) is 0 Å². The third kappa shape index (κ3) is 4.39. The Hall–Kier alpha value is -2.19. The number of hydrogen-bond acceptors (Lipinski definition) is 6. The molecule has 6 nitrogen and oxygen atoms in total. The van der Waals surface area contributed by atoms with Gasteiger partial charge in [-0.25, -0.2) is 4.79 Å². The van der Waals surface area contributed by atoms with Crippen molar-refractivity contribution in [3.05, 3.63) is 38.4 Å². The Bertz CT molecular complexity index is 842. The molecule has 8 heteroatoms. The second-order valence-corrected chi connectivity index (χ2v) is 8.35. The average molecular weight is 407 g/mol. The predicted molar refractivity (Wildman–Crippen MR) is 107 cm³/mol. The van der Waals surface area contributed by atoms with Crippen molar-refractivity contribution in [2.45, 2.75) is 45.6 Å². The molecule has 1 aliphatic carbocycles. The average Bonchev–Trinajstić information content (AvgIpc) is 3.29. The number of aryl methyl sites for hydroxylation is 1. The van der Waals surface area contributed by atoms with Crippen molar-refractivity contribution in [3.8, 4) is 0 Å². The lowest BCUT2D eigenvalue weighted by Crippen LogP contribution is -2.41. The lowest BCUT2D eigenvalue weighted by Gasteiger charge is -2.14. The van der Waals surface area contributed by atoms with Crippen LogP contribution in [0.4, 0.5) is 5.00 Å². The fourth-order valence-electron chi connectivity index (χ4n) is 3.03. The van der Waals surface area contributed by atoms with E-state index in [1.165, 1.54) is 22.7 Å². The highest BCUT2D eigenvalue weighted by molar-refractivity contribution is 7.17. The molecule has 0 bridgehead atoms. The topological polar surface area (TPSA) is 84.5 Å². The molecule has 0 aliphatic heterocycles. The number of hydrogen-bond donors (Lipinski definition) is 2. The van der Waals surface area contributed by atoms with Crippen molar-refractivity contribution in [3.63, 3.8) is 0 Å². The third-order valence-electron chi connectivity index (χ3n) is 4.37. The summed E-state index contributed by atoms with van der Waals surface area (Å²) in [6, 6.07) is 2.76. The van der Waals surface area contributed by atoms with Crippen LogP contribution in [-0.4, -0.2) is 30.4 Å². The smallest absolute Gasteiger partial charge is 0.341 e. The summed E-state index contributed by atoms with van der Waals surface area (Å²) in [6.07, 6.45) is 3.83. The van der Waals surface area contributed by atoms with Crippen LogP contribution in [0.2, 0.25) is 0 Å². The molecule has 1 atom stereocenters. The zero-order valence-corrected chi connectivity index (χ0v) is 16.9. The number of carbonyl (C=O) groups is 3. The van der Waals surface area contributed by atoms with E-state index in [9.17, 15) is 14.4 Å². The second kappa shape index (κ2) is 8.67. The van der Waals surface area contributed by atoms with E-state index in [0.717, 1.165) is 36.1 Å². The first-order chi connectivity index (χ1) is 13.0. The molecular formula is C19H22N2O4S2. The first kappa shape index (κ1) is 19.6. The van der Waals surface area contributed by atoms with Crippen molar-refractivity contribution >= 4 is 45.5 Å². The monoisotopic (exact) mass is 406 g/mol. The Morgan fingerprint density at radius 1 is 1.26 bits per heavy atom. The fourth-order valence-corrected chi connectivity index (χ4v) is 4.94. The highest BCUT2D eigenvalue weighted by Gasteiger charge is 2.28. The lowest BCUT2D eigenvalue weighted by atomic mass is 9.95. The lowest BCUT2D eigenvalue weighted by molar-refractivity contribution is -0.117. The zero-order valence-electron chi connectivity index (χ0n) is 15.3.